The number of aliphatic imine (C=N–C) groups is 1. The zero-order valence-corrected chi connectivity index (χ0v) is 16.0. The number of aromatic nitrogens is 2. The first-order chi connectivity index (χ1) is 14.3. The van der Waals surface area contributed by atoms with Crippen LogP contribution in [0.2, 0.25) is 5.02 Å². The molecule has 0 aliphatic carbocycles. The summed E-state index contributed by atoms with van der Waals surface area (Å²) >= 11 is 5.94. The zero-order chi connectivity index (χ0) is 21.3. The van der Waals surface area contributed by atoms with Gasteiger partial charge in [0.1, 0.15) is 12.4 Å². The van der Waals surface area contributed by atoms with Gasteiger partial charge in [0.2, 0.25) is 5.90 Å². The van der Waals surface area contributed by atoms with Gasteiger partial charge in [0.05, 0.1) is 29.6 Å². The van der Waals surface area contributed by atoms with Crippen LogP contribution in [0.4, 0.5) is 19.0 Å². The fourth-order valence-corrected chi connectivity index (χ4v) is 3.02. The molecule has 0 atom stereocenters. The predicted octanol–water partition coefficient (Wildman–Crippen LogP) is 4.57. The Bertz CT molecular complexity index is 1110. The maximum atomic E-state index is 12.8. The van der Waals surface area contributed by atoms with Crippen LogP contribution in [0.15, 0.2) is 59.7 Å². The van der Waals surface area contributed by atoms with E-state index in [-0.39, 0.29) is 11.4 Å². The van der Waals surface area contributed by atoms with E-state index in [1.54, 1.807) is 24.3 Å². The molecule has 1 aromatic heterocycles. The van der Waals surface area contributed by atoms with Gasteiger partial charge in [0.25, 0.3) is 5.91 Å². The Morgan fingerprint density at radius 2 is 1.80 bits per heavy atom. The van der Waals surface area contributed by atoms with Gasteiger partial charge in [-0.15, -0.1) is 0 Å². The van der Waals surface area contributed by atoms with E-state index in [2.05, 4.69) is 15.4 Å². The number of benzene rings is 2. The highest BCUT2D eigenvalue weighted by Crippen LogP contribution is 2.29. The van der Waals surface area contributed by atoms with Crippen molar-refractivity contribution in [1.29, 1.82) is 0 Å². The van der Waals surface area contributed by atoms with Crippen LogP contribution >= 0.6 is 11.6 Å². The molecule has 2 aromatic carbocycles. The van der Waals surface area contributed by atoms with Crippen molar-refractivity contribution in [2.45, 2.75) is 6.18 Å². The molecule has 0 bridgehead atoms. The zero-order valence-electron chi connectivity index (χ0n) is 15.3. The van der Waals surface area contributed by atoms with E-state index in [0.29, 0.717) is 35.3 Å². The van der Waals surface area contributed by atoms with Crippen LogP contribution in [0.5, 0.6) is 0 Å². The third-order valence-electron chi connectivity index (χ3n) is 4.36. The Balaban J connectivity index is 1.68. The Morgan fingerprint density at radius 3 is 2.40 bits per heavy atom. The molecule has 0 fully saturated rings. The van der Waals surface area contributed by atoms with Gasteiger partial charge in [-0.1, -0.05) is 11.6 Å². The summed E-state index contributed by atoms with van der Waals surface area (Å²) in [5.74, 6) is 0.0140. The van der Waals surface area contributed by atoms with Crippen LogP contribution in [0.25, 0.3) is 5.69 Å². The highest BCUT2D eigenvalue weighted by Gasteiger charge is 2.30. The number of nitrogens with zero attached hydrogens (tertiary/aromatic N) is 3. The second-order valence-corrected chi connectivity index (χ2v) is 6.80. The van der Waals surface area contributed by atoms with Crippen LogP contribution in [0, 0.1) is 0 Å². The molecule has 1 N–H and O–H groups in total. The van der Waals surface area contributed by atoms with Crippen molar-refractivity contribution in [2.24, 2.45) is 4.99 Å². The first-order valence-corrected chi connectivity index (χ1v) is 9.21. The van der Waals surface area contributed by atoms with E-state index >= 15 is 0 Å². The van der Waals surface area contributed by atoms with Gasteiger partial charge in [-0.25, -0.2) is 9.67 Å². The van der Waals surface area contributed by atoms with Crippen molar-refractivity contribution in [3.8, 4) is 5.69 Å². The van der Waals surface area contributed by atoms with E-state index in [1.807, 2.05) is 0 Å². The van der Waals surface area contributed by atoms with Gasteiger partial charge in [-0.3, -0.25) is 4.79 Å². The highest BCUT2D eigenvalue weighted by molar-refractivity contribution is 6.30. The van der Waals surface area contributed by atoms with Gasteiger partial charge in [0.15, 0.2) is 0 Å². The fraction of sp³-hybridized carbons (Fsp3) is 0.150. The molecule has 0 saturated carbocycles. The molecule has 30 heavy (non-hydrogen) atoms. The van der Waals surface area contributed by atoms with Gasteiger partial charge >= 0.3 is 6.18 Å². The molecule has 0 spiro atoms. The second kappa shape index (κ2) is 7.83. The minimum absolute atomic E-state index is 0.0621. The molecule has 2 heterocycles. The number of rotatable bonds is 4. The first kappa shape index (κ1) is 20.0. The SMILES string of the molecule is O=C(Nc1c(C2=NCCO2)cnn1-c1ccc(Cl)cc1)c1ccc(C(F)(F)F)cc1. The lowest BCUT2D eigenvalue weighted by Crippen LogP contribution is -2.18. The fourth-order valence-electron chi connectivity index (χ4n) is 2.89. The highest BCUT2D eigenvalue weighted by atomic mass is 35.5. The summed E-state index contributed by atoms with van der Waals surface area (Å²) in [5, 5.41) is 7.55. The van der Waals surface area contributed by atoms with Crippen LogP contribution in [0.1, 0.15) is 21.5 Å². The van der Waals surface area contributed by atoms with Gasteiger partial charge in [0, 0.05) is 10.6 Å². The van der Waals surface area contributed by atoms with Crippen LogP contribution in [-0.4, -0.2) is 34.7 Å². The number of nitrogens with one attached hydrogen (secondary N) is 1. The number of amides is 1. The molecule has 0 radical (unpaired) electrons. The van der Waals surface area contributed by atoms with E-state index < -0.39 is 17.6 Å². The second-order valence-electron chi connectivity index (χ2n) is 6.36. The number of alkyl halides is 3. The van der Waals surface area contributed by atoms with Crippen molar-refractivity contribution in [3.63, 3.8) is 0 Å². The van der Waals surface area contributed by atoms with Gasteiger partial charge in [-0.05, 0) is 48.5 Å². The molecule has 1 amide bonds. The Morgan fingerprint density at radius 1 is 1.10 bits per heavy atom. The molecular formula is C20H14ClF3N4O2. The average Bonchev–Trinajstić information content (AvgIpc) is 3.38. The molecular weight excluding hydrogens is 421 g/mol. The molecule has 4 rings (SSSR count). The maximum absolute atomic E-state index is 12.8. The number of hydrogen-bond acceptors (Lipinski definition) is 4. The Labute approximate surface area is 173 Å². The molecule has 0 unspecified atom stereocenters. The van der Waals surface area contributed by atoms with Crippen LogP contribution in [-0.2, 0) is 10.9 Å². The third kappa shape index (κ3) is 4.02. The Hall–Kier alpha value is -3.33. The minimum atomic E-state index is -4.48. The van der Waals surface area contributed by atoms with Crippen molar-refractivity contribution < 1.29 is 22.7 Å². The summed E-state index contributed by atoms with van der Waals surface area (Å²) in [7, 11) is 0. The number of halogens is 4. The summed E-state index contributed by atoms with van der Waals surface area (Å²) in [4.78, 5) is 17.0. The number of hydrogen-bond donors (Lipinski definition) is 1. The van der Waals surface area contributed by atoms with E-state index in [9.17, 15) is 18.0 Å². The lowest BCUT2D eigenvalue weighted by atomic mass is 10.1. The van der Waals surface area contributed by atoms with Crippen molar-refractivity contribution in [1.82, 2.24) is 9.78 Å². The summed E-state index contributed by atoms with van der Waals surface area (Å²) in [6, 6.07) is 10.7. The van der Waals surface area contributed by atoms with Crippen molar-refractivity contribution in [2.75, 3.05) is 18.5 Å². The van der Waals surface area contributed by atoms with Crippen molar-refractivity contribution >= 4 is 29.2 Å². The monoisotopic (exact) mass is 434 g/mol. The van der Waals surface area contributed by atoms with Gasteiger partial charge < -0.3 is 10.1 Å². The van der Waals surface area contributed by atoms with Crippen molar-refractivity contribution in [3.05, 3.63) is 76.4 Å². The number of carbonyl (C=O) groups is 1. The largest absolute Gasteiger partial charge is 0.475 e. The minimum Gasteiger partial charge on any atom is -0.475 e. The standard InChI is InChI=1S/C20H14ClF3N4O2/c21-14-5-7-15(8-6-14)28-17(16(11-26-28)19-25-9-10-30-19)27-18(29)12-1-3-13(4-2-12)20(22,23)24/h1-8,11H,9-10H2,(H,27,29). The summed E-state index contributed by atoms with van der Waals surface area (Å²) in [6.07, 6.45) is -2.98. The van der Waals surface area contributed by atoms with E-state index in [1.165, 1.54) is 10.9 Å². The molecule has 0 saturated heterocycles. The number of carbonyl (C=O) groups excluding carboxylic acids is 1. The average molecular weight is 435 g/mol. The first-order valence-electron chi connectivity index (χ1n) is 8.83. The molecule has 3 aromatic rings. The van der Waals surface area contributed by atoms with E-state index in [0.717, 1.165) is 24.3 Å². The van der Waals surface area contributed by atoms with Crippen LogP contribution in [0.3, 0.4) is 0 Å². The summed E-state index contributed by atoms with van der Waals surface area (Å²) in [6.45, 7) is 0.890. The van der Waals surface area contributed by atoms with Crippen LogP contribution < -0.4 is 5.32 Å². The summed E-state index contributed by atoms with van der Waals surface area (Å²) in [5.41, 5.74) is 0.307. The number of ether oxygens (including phenoxy) is 1. The normalized spacial score (nSPS) is 13.7. The summed E-state index contributed by atoms with van der Waals surface area (Å²) < 4.78 is 45.3. The van der Waals surface area contributed by atoms with E-state index in [4.69, 9.17) is 16.3 Å². The topological polar surface area (TPSA) is 68.5 Å². The lowest BCUT2D eigenvalue weighted by Gasteiger charge is -2.12. The predicted molar refractivity (Wildman–Crippen MR) is 105 cm³/mol. The molecule has 154 valence electrons. The quantitative estimate of drug-likeness (QED) is 0.654. The third-order valence-corrected chi connectivity index (χ3v) is 4.61. The van der Waals surface area contributed by atoms with Gasteiger partial charge in [-0.2, -0.15) is 18.3 Å². The maximum Gasteiger partial charge on any atom is 0.416 e. The molecule has 10 heteroatoms. The molecule has 1 aliphatic rings. The molecule has 1 aliphatic heterocycles. The Kier molecular flexibility index (Phi) is 5.21. The number of anilines is 1. The smallest absolute Gasteiger partial charge is 0.416 e. The lowest BCUT2D eigenvalue weighted by molar-refractivity contribution is -0.137. The molecule has 6 nitrogen and oxygen atoms in total.